The molecule has 0 spiro atoms. The molecule has 0 aliphatic carbocycles. The topological polar surface area (TPSA) is 49.9 Å². The lowest BCUT2D eigenvalue weighted by atomic mass is 10.2. The van der Waals surface area contributed by atoms with Crippen LogP contribution < -0.4 is 9.04 Å². The Morgan fingerprint density at radius 3 is 2.21 bits per heavy atom. The molecule has 0 amide bonds. The number of halogens is 3. The highest BCUT2D eigenvalue weighted by atomic mass is 32.2. The van der Waals surface area contributed by atoms with Crippen LogP contribution in [0.2, 0.25) is 0 Å². The van der Waals surface area contributed by atoms with Crippen molar-refractivity contribution in [3.05, 3.63) is 59.7 Å². The van der Waals surface area contributed by atoms with Crippen LogP contribution in [0, 0.1) is 6.92 Å². The van der Waals surface area contributed by atoms with E-state index in [0.717, 1.165) is 28.7 Å². The van der Waals surface area contributed by atoms with E-state index in [9.17, 15) is 21.6 Å². The van der Waals surface area contributed by atoms with Gasteiger partial charge >= 0.3 is 6.36 Å². The van der Waals surface area contributed by atoms with Crippen LogP contribution in [0.5, 0.6) is 5.75 Å². The minimum absolute atomic E-state index is 0.0144. The van der Waals surface area contributed by atoms with E-state index in [1.807, 2.05) is 49.9 Å². The SMILES string of the molecule is CCN(CC)CCS(=O)(=O)N(Cc1ccc(OC(F)(F)F)cc1)c1sc2ccccc2c1C. The van der Waals surface area contributed by atoms with Crippen LogP contribution in [0.4, 0.5) is 18.2 Å². The number of hydrogen-bond acceptors (Lipinski definition) is 5. The normalized spacial score (nSPS) is 12.5. The van der Waals surface area contributed by atoms with Gasteiger partial charge in [-0.05, 0) is 54.7 Å². The zero-order valence-corrected chi connectivity index (χ0v) is 20.4. The number of fused-ring (bicyclic) bond motifs is 1. The molecule has 1 aromatic heterocycles. The largest absolute Gasteiger partial charge is 0.573 e. The number of ether oxygens (including phenoxy) is 1. The van der Waals surface area contributed by atoms with Gasteiger partial charge in [-0.3, -0.25) is 4.31 Å². The number of hydrogen-bond donors (Lipinski definition) is 0. The first-order valence-electron chi connectivity index (χ1n) is 10.6. The van der Waals surface area contributed by atoms with Crippen molar-refractivity contribution in [3.63, 3.8) is 0 Å². The number of rotatable bonds is 10. The van der Waals surface area contributed by atoms with Gasteiger partial charge in [0.25, 0.3) is 0 Å². The Balaban J connectivity index is 1.95. The molecule has 0 atom stereocenters. The van der Waals surface area contributed by atoms with Crippen molar-refractivity contribution in [2.24, 2.45) is 0 Å². The summed E-state index contributed by atoms with van der Waals surface area (Å²) >= 11 is 1.39. The number of nitrogens with zero attached hydrogens (tertiary/aromatic N) is 2. The summed E-state index contributed by atoms with van der Waals surface area (Å²) < 4.78 is 70.7. The third-order valence-corrected chi connectivity index (χ3v) is 8.52. The molecule has 0 fully saturated rings. The highest BCUT2D eigenvalue weighted by Crippen LogP contribution is 2.39. The Kier molecular flexibility index (Phi) is 7.92. The van der Waals surface area contributed by atoms with Crippen LogP contribution in [-0.2, 0) is 16.6 Å². The van der Waals surface area contributed by atoms with Crippen molar-refractivity contribution < 1.29 is 26.3 Å². The van der Waals surface area contributed by atoms with E-state index >= 15 is 0 Å². The molecule has 0 bridgehead atoms. The average Bonchev–Trinajstić information content (AvgIpc) is 3.09. The van der Waals surface area contributed by atoms with E-state index in [1.165, 1.54) is 39.9 Å². The molecule has 0 radical (unpaired) electrons. The number of sulfonamides is 1. The Labute approximate surface area is 196 Å². The fourth-order valence-electron chi connectivity index (χ4n) is 3.55. The van der Waals surface area contributed by atoms with E-state index in [-0.39, 0.29) is 18.0 Å². The standard InChI is InChI=1S/C23H27F3N2O3S2/c1-4-27(5-2)14-15-33(29,30)28(22-17(3)20-8-6-7-9-21(20)32-22)16-18-10-12-19(13-11-18)31-23(24,25)26/h6-13H,4-5,14-16H2,1-3H3. The van der Waals surface area contributed by atoms with Gasteiger partial charge in [0.2, 0.25) is 10.0 Å². The molecular formula is C23H27F3N2O3S2. The molecule has 180 valence electrons. The molecule has 0 N–H and O–H groups in total. The fourth-order valence-corrected chi connectivity index (χ4v) is 6.57. The lowest BCUT2D eigenvalue weighted by Crippen LogP contribution is -2.37. The highest BCUT2D eigenvalue weighted by Gasteiger charge is 2.31. The number of alkyl halides is 3. The lowest BCUT2D eigenvalue weighted by Gasteiger charge is -2.26. The zero-order chi connectivity index (χ0) is 24.2. The second-order valence-electron chi connectivity index (χ2n) is 7.57. The molecule has 33 heavy (non-hydrogen) atoms. The molecule has 0 unspecified atom stereocenters. The smallest absolute Gasteiger partial charge is 0.406 e. The van der Waals surface area contributed by atoms with Crippen LogP contribution in [-0.4, -0.2) is 45.1 Å². The summed E-state index contributed by atoms with van der Waals surface area (Å²) in [6, 6.07) is 13.0. The quantitative estimate of drug-likeness (QED) is 0.354. The Bertz CT molecular complexity index is 1170. The van der Waals surface area contributed by atoms with Crippen LogP contribution >= 0.6 is 11.3 Å². The fraction of sp³-hybridized carbons (Fsp3) is 0.391. The van der Waals surface area contributed by atoms with Crippen molar-refractivity contribution >= 4 is 36.4 Å². The first-order chi connectivity index (χ1) is 15.5. The first-order valence-corrected chi connectivity index (χ1v) is 13.0. The van der Waals surface area contributed by atoms with Crippen molar-refractivity contribution in [2.45, 2.75) is 33.7 Å². The first kappa shape index (κ1) is 25.3. The van der Waals surface area contributed by atoms with Gasteiger partial charge in [0.1, 0.15) is 10.8 Å². The van der Waals surface area contributed by atoms with Crippen molar-refractivity contribution in [2.75, 3.05) is 29.7 Å². The summed E-state index contributed by atoms with van der Waals surface area (Å²) in [5, 5.41) is 1.60. The predicted octanol–water partition coefficient (Wildman–Crippen LogP) is 5.79. The van der Waals surface area contributed by atoms with E-state index in [4.69, 9.17) is 0 Å². The molecule has 0 aliphatic rings. The monoisotopic (exact) mass is 500 g/mol. The summed E-state index contributed by atoms with van der Waals surface area (Å²) in [7, 11) is -3.71. The third kappa shape index (κ3) is 6.39. The van der Waals surface area contributed by atoms with Gasteiger partial charge in [0.15, 0.2) is 0 Å². The second-order valence-corrected chi connectivity index (χ2v) is 10.6. The summed E-state index contributed by atoms with van der Waals surface area (Å²) in [6.07, 6.45) is -4.78. The molecule has 1 heterocycles. The molecule has 2 aromatic carbocycles. The maximum atomic E-state index is 13.5. The Morgan fingerprint density at radius 1 is 1.00 bits per heavy atom. The highest BCUT2D eigenvalue weighted by molar-refractivity contribution is 7.93. The third-order valence-electron chi connectivity index (χ3n) is 5.42. The maximum absolute atomic E-state index is 13.5. The average molecular weight is 501 g/mol. The van der Waals surface area contributed by atoms with Crippen molar-refractivity contribution in [1.29, 1.82) is 0 Å². The van der Waals surface area contributed by atoms with E-state index in [0.29, 0.717) is 17.1 Å². The molecule has 3 rings (SSSR count). The number of aryl methyl sites for hydroxylation is 1. The van der Waals surface area contributed by atoms with Gasteiger partial charge < -0.3 is 9.64 Å². The maximum Gasteiger partial charge on any atom is 0.573 e. The molecule has 10 heteroatoms. The molecule has 0 saturated carbocycles. The summed E-state index contributed by atoms with van der Waals surface area (Å²) in [6.45, 7) is 7.75. The van der Waals surface area contributed by atoms with Gasteiger partial charge in [-0.25, -0.2) is 8.42 Å². The molecule has 3 aromatic rings. The van der Waals surface area contributed by atoms with E-state index < -0.39 is 16.4 Å². The predicted molar refractivity (Wildman–Crippen MR) is 127 cm³/mol. The van der Waals surface area contributed by atoms with Crippen LogP contribution in [0.1, 0.15) is 25.0 Å². The lowest BCUT2D eigenvalue weighted by molar-refractivity contribution is -0.274. The number of benzene rings is 2. The van der Waals surface area contributed by atoms with Gasteiger partial charge in [0, 0.05) is 11.2 Å². The number of thiophene rings is 1. The Hall–Kier alpha value is -2.30. The van der Waals surface area contributed by atoms with Crippen LogP contribution in [0.25, 0.3) is 10.1 Å². The van der Waals surface area contributed by atoms with Gasteiger partial charge in [-0.2, -0.15) is 0 Å². The Morgan fingerprint density at radius 2 is 1.64 bits per heavy atom. The second kappa shape index (κ2) is 10.3. The summed E-state index contributed by atoms with van der Waals surface area (Å²) in [4.78, 5) is 2.04. The number of anilines is 1. The zero-order valence-electron chi connectivity index (χ0n) is 18.7. The minimum atomic E-state index is -4.78. The van der Waals surface area contributed by atoms with Crippen molar-refractivity contribution in [1.82, 2.24) is 4.90 Å². The summed E-state index contributed by atoms with van der Waals surface area (Å²) in [5.74, 6) is -0.405. The molecule has 5 nitrogen and oxygen atoms in total. The van der Waals surface area contributed by atoms with Gasteiger partial charge in [0.05, 0.1) is 12.3 Å². The molecule has 0 saturated heterocycles. The molecular weight excluding hydrogens is 473 g/mol. The molecule has 0 aliphatic heterocycles. The van der Waals surface area contributed by atoms with Crippen LogP contribution in [0.15, 0.2) is 48.5 Å². The van der Waals surface area contributed by atoms with Crippen LogP contribution in [0.3, 0.4) is 0 Å². The van der Waals surface area contributed by atoms with E-state index in [1.54, 1.807) is 0 Å². The summed E-state index contributed by atoms with van der Waals surface area (Å²) in [5.41, 5.74) is 1.42. The van der Waals surface area contributed by atoms with Gasteiger partial charge in [-0.15, -0.1) is 24.5 Å². The van der Waals surface area contributed by atoms with Gasteiger partial charge in [-0.1, -0.05) is 44.2 Å². The minimum Gasteiger partial charge on any atom is -0.406 e. The van der Waals surface area contributed by atoms with E-state index in [2.05, 4.69) is 4.74 Å². The van der Waals surface area contributed by atoms with Crippen molar-refractivity contribution in [3.8, 4) is 5.75 Å².